The highest BCUT2D eigenvalue weighted by atomic mass is 32.2. The first-order chi connectivity index (χ1) is 16.1. The van der Waals surface area contributed by atoms with Gasteiger partial charge in [-0.15, -0.1) is 0 Å². The summed E-state index contributed by atoms with van der Waals surface area (Å²) < 4.78 is 41.2. The van der Waals surface area contributed by atoms with Crippen LogP contribution in [0.1, 0.15) is 48.2 Å². The number of amides is 1. The maximum absolute atomic E-state index is 13.8. The fraction of sp³-hybridized carbons (Fsp3) is 0.500. The Bertz CT molecular complexity index is 1270. The van der Waals surface area contributed by atoms with Crippen LogP contribution < -0.4 is 15.8 Å². The number of hydrogen-bond donors (Lipinski definition) is 2. The van der Waals surface area contributed by atoms with Crippen molar-refractivity contribution in [3.63, 3.8) is 0 Å². The van der Waals surface area contributed by atoms with Gasteiger partial charge in [-0.1, -0.05) is 25.3 Å². The molecule has 0 unspecified atom stereocenters. The van der Waals surface area contributed by atoms with Gasteiger partial charge in [0.25, 0.3) is 11.5 Å². The zero-order valence-electron chi connectivity index (χ0n) is 19.1. The Morgan fingerprint density at radius 3 is 2.62 bits per heavy atom. The quantitative estimate of drug-likeness (QED) is 0.624. The molecule has 12 heteroatoms. The van der Waals surface area contributed by atoms with E-state index in [0.717, 1.165) is 42.1 Å². The molecule has 0 saturated heterocycles. The summed E-state index contributed by atoms with van der Waals surface area (Å²) in [5.41, 5.74) is -0.950. The van der Waals surface area contributed by atoms with Gasteiger partial charge in [-0.2, -0.15) is 0 Å². The van der Waals surface area contributed by atoms with E-state index in [9.17, 15) is 27.5 Å². The summed E-state index contributed by atoms with van der Waals surface area (Å²) in [4.78, 5) is 31.7. The van der Waals surface area contributed by atoms with Crippen molar-refractivity contribution >= 4 is 21.9 Å². The first-order valence-electron chi connectivity index (χ1n) is 11.2. The average Bonchev–Trinajstić information content (AvgIpc) is 3.25. The van der Waals surface area contributed by atoms with Crippen molar-refractivity contribution < 1.29 is 22.7 Å². The number of nitrogens with one attached hydrogen (secondary N) is 1. The molecule has 2 aliphatic rings. The van der Waals surface area contributed by atoms with E-state index >= 15 is 0 Å². The van der Waals surface area contributed by atoms with Gasteiger partial charge in [-0.25, -0.2) is 22.1 Å². The molecule has 1 aromatic heterocycles. The first kappa shape index (κ1) is 24.1. The first-order valence-corrected chi connectivity index (χ1v) is 12.6. The van der Waals surface area contributed by atoms with Gasteiger partial charge in [0.15, 0.2) is 5.69 Å². The van der Waals surface area contributed by atoms with Crippen LogP contribution in [0.5, 0.6) is 5.75 Å². The van der Waals surface area contributed by atoms with Gasteiger partial charge in [-0.3, -0.25) is 14.2 Å². The molecule has 1 fully saturated rings. The Hall–Kier alpha value is -2.99. The van der Waals surface area contributed by atoms with E-state index < -0.39 is 38.8 Å². The number of halogens is 1. The lowest BCUT2D eigenvalue weighted by Crippen LogP contribution is -2.37. The monoisotopic (exact) mass is 493 g/mol. The molecular formula is C22H28FN5O5S. The van der Waals surface area contributed by atoms with Crippen molar-refractivity contribution in [2.45, 2.75) is 56.1 Å². The maximum atomic E-state index is 13.8. The van der Waals surface area contributed by atoms with Gasteiger partial charge >= 0.3 is 0 Å². The third-order valence-corrected chi connectivity index (χ3v) is 8.30. The summed E-state index contributed by atoms with van der Waals surface area (Å²) in [6.45, 7) is 0.695. The lowest BCUT2D eigenvalue weighted by molar-refractivity contribution is 0.0942. The minimum Gasteiger partial charge on any atom is -0.501 e. The summed E-state index contributed by atoms with van der Waals surface area (Å²) in [7, 11) is -1.33. The number of nitrogens with zero attached hydrogens (tertiary/aromatic N) is 4. The molecule has 184 valence electrons. The van der Waals surface area contributed by atoms with Gasteiger partial charge in [-0.05, 0) is 30.5 Å². The van der Waals surface area contributed by atoms with E-state index in [1.807, 2.05) is 4.90 Å². The van der Waals surface area contributed by atoms with Crippen LogP contribution in [0, 0.1) is 5.82 Å². The second-order valence-electron chi connectivity index (χ2n) is 8.77. The summed E-state index contributed by atoms with van der Waals surface area (Å²) in [6.07, 6.45) is 5.31. The molecule has 1 aromatic carbocycles. The Morgan fingerprint density at radius 2 is 1.94 bits per heavy atom. The number of aromatic hydroxyl groups is 1. The standard InChI is InChI=1S/C22H28FN5O5S/c1-26(2)34(32,33)17-12-15(23)9-8-14(17)13-24-20(30)18-19(29)21(31)28-11-10-27(22(28)25-18)16-6-4-3-5-7-16/h8-9,12,16,29H,3-7,10-11,13H2,1-2H3,(H,24,30). The molecule has 34 heavy (non-hydrogen) atoms. The SMILES string of the molecule is CN(C)S(=O)(=O)c1cc(F)ccc1CNC(=O)c1nc2n(c(=O)c1O)CCN2C1CCCCC1. The Labute approximate surface area is 197 Å². The van der Waals surface area contributed by atoms with Crippen molar-refractivity contribution in [2.24, 2.45) is 0 Å². The Morgan fingerprint density at radius 1 is 1.24 bits per heavy atom. The Balaban J connectivity index is 1.61. The van der Waals surface area contributed by atoms with Crippen LogP contribution >= 0.6 is 0 Å². The average molecular weight is 494 g/mol. The highest BCUT2D eigenvalue weighted by Gasteiger charge is 2.32. The van der Waals surface area contributed by atoms with Crippen LogP contribution in [0.25, 0.3) is 0 Å². The van der Waals surface area contributed by atoms with Crippen LogP contribution in [-0.2, 0) is 23.1 Å². The molecule has 0 bridgehead atoms. The highest BCUT2D eigenvalue weighted by Crippen LogP contribution is 2.30. The number of carbonyl (C=O) groups is 1. The number of benzene rings is 1. The number of aromatic nitrogens is 2. The van der Waals surface area contributed by atoms with Gasteiger partial charge < -0.3 is 15.3 Å². The third-order valence-electron chi connectivity index (χ3n) is 6.40. The lowest BCUT2D eigenvalue weighted by Gasteiger charge is -2.31. The fourth-order valence-corrected chi connectivity index (χ4v) is 5.66. The van der Waals surface area contributed by atoms with Crippen molar-refractivity contribution in [1.29, 1.82) is 0 Å². The summed E-state index contributed by atoms with van der Waals surface area (Å²) in [5.74, 6) is -1.96. The number of fused-ring (bicyclic) bond motifs is 1. The molecule has 0 spiro atoms. The topological polar surface area (TPSA) is 125 Å². The molecule has 2 heterocycles. The van der Waals surface area contributed by atoms with E-state index in [1.165, 1.54) is 31.1 Å². The molecule has 1 saturated carbocycles. The highest BCUT2D eigenvalue weighted by molar-refractivity contribution is 7.89. The van der Waals surface area contributed by atoms with E-state index in [1.54, 1.807) is 0 Å². The number of hydrogen-bond acceptors (Lipinski definition) is 7. The summed E-state index contributed by atoms with van der Waals surface area (Å²) in [5, 5.41) is 12.9. The van der Waals surface area contributed by atoms with E-state index in [4.69, 9.17) is 0 Å². The van der Waals surface area contributed by atoms with E-state index in [-0.39, 0.29) is 23.0 Å². The number of sulfonamides is 1. The molecular weight excluding hydrogens is 465 g/mol. The molecule has 2 N–H and O–H groups in total. The molecule has 1 aliphatic heterocycles. The van der Waals surface area contributed by atoms with Crippen LogP contribution in [0.15, 0.2) is 27.9 Å². The molecule has 10 nitrogen and oxygen atoms in total. The third kappa shape index (κ3) is 4.39. The van der Waals surface area contributed by atoms with Gasteiger partial charge in [0.05, 0.1) is 4.90 Å². The minimum atomic E-state index is -3.97. The minimum absolute atomic E-state index is 0.157. The zero-order chi connectivity index (χ0) is 24.6. The van der Waals surface area contributed by atoms with Crippen LogP contribution in [0.4, 0.5) is 10.3 Å². The largest absolute Gasteiger partial charge is 0.501 e. The van der Waals surface area contributed by atoms with Crippen LogP contribution in [-0.4, -0.2) is 60.0 Å². The molecule has 1 amide bonds. The maximum Gasteiger partial charge on any atom is 0.298 e. The van der Waals surface area contributed by atoms with Crippen LogP contribution in [0.2, 0.25) is 0 Å². The molecule has 0 radical (unpaired) electrons. The summed E-state index contributed by atoms with van der Waals surface area (Å²) in [6, 6.07) is 3.47. The zero-order valence-corrected chi connectivity index (χ0v) is 19.9. The lowest BCUT2D eigenvalue weighted by atomic mass is 9.94. The number of carbonyl (C=O) groups excluding carboxylic acids is 1. The van der Waals surface area contributed by atoms with Crippen molar-refractivity contribution in [3.8, 4) is 5.75 Å². The number of anilines is 1. The predicted octanol–water partition coefficient (Wildman–Crippen LogP) is 1.42. The molecule has 0 atom stereocenters. The number of rotatable bonds is 6. The van der Waals surface area contributed by atoms with Gasteiger partial charge in [0.2, 0.25) is 21.7 Å². The van der Waals surface area contributed by atoms with E-state index in [2.05, 4.69) is 10.3 Å². The van der Waals surface area contributed by atoms with E-state index in [0.29, 0.717) is 19.0 Å². The van der Waals surface area contributed by atoms with Gasteiger partial charge in [0, 0.05) is 39.8 Å². The smallest absolute Gasteiger partial charge is 0.298 e. The molecule has 4 rings (SSSR count). The fourth-order valence-electron chi connectivity index (χ4n) is 4.53. The van der Waals surface area contributed by atoms with Crippen LogP contribution in [0.3, 0.4) is 0 Å². The van der Waals surface area contributed by atoms with Crippen molar-refractivity contribution in [1.82, 2.24) is 19.2 Å². The van der Waals surface area contributed by atoms with Crippen molar-refractivity contribution in [2.75, 3.05) is 25.5 Å². The van der Waals surface area contributed by atoms with Gasteiger partial charge in [0.1, 0.15) is 5.82 Å². The van der Waals surface area contributed by atoms with Crippen molar-refractivity contribution in [3.05, 3.63) is 45.6 Å². The molecule has 2 aromatic rings. The summed E-state index contributed by atoms with van der Waals surface area (Å²) >= 11 is 0. The Kier molecular flexibility index (Phi) is 6.63. The molecule has 1 aliphatic carbocycles. The second-order valence-corrected chi connectivity index (χ2v) is 10.9. The second kappa shape index (κ2) is 9.34. The predicted molar refractivity (Wildman–Crippen MR) is 123 cm³/mol. The normalized spacial score (nSPS) is 16.6.